The van der Waals surface area contributed by atoms with E-state index in [1.54, 1.807) is 6.20 Å². The minimum absolute atomic E-state index is 0.0773. The predicted molar refractivity (Wildman–Crippen MR) is 115 cm³/mol. The average Bonchev–Trinajstić information content (AvgIpc) is 3.23. The second kappa shape index (κ2) is 8.53. The Hall–Kier alpha value is -3.41. The van der Waals surface area contributed by atoms with E-state index in [0.717, 1.165) is 22.0 Å². The van der Waals surface area contributed by atoms with Gasteiger partial charge in [0.05, 0.1) is 11.5 Å². The highest BCUT2D eigenvalue weighted by Gasteiger charge is 2.32. The summed E-state index contributed by atoms with van der Waals surface area (Å²) >= 11 is 0. The second-order valence-electron chi connectivity index (χ2n) is 7.82. The molecule has 1 aromatic heterocycles. The highest BCUT2D eigenvalue weighted by atomic mass is 16.2. The van der Waals surface area contributed by atoms with E-state index in [1.165, 1.54) is 4.90 Å². The molecule has 2 amide bonds. The molecule has 1 atom stereocenters. The van der Waals surface area contributed by atoms with Gasteiger partial charge >= 0.3 is 0 Å². The Morgan fingerprint density at radius 1 is 1.10 bits per heavy atom. The summed E-state index contributed by atoms with van der Waals surface area (Å²) in [5.41, 5.74) is 3.30. The Kier molecular flexibility index (Phi) is 5.65. The third-order valence-corrected chi connectivity index (χ3v) is 5.75. The van der Waals surface area contributed by atoms with Crippen LogP contribution in [-0.4, -0.2) is 40.6 Å². The summed E-state index contributed by atoms with van der Waals surface area (Å²) in [6, 6.07) is 15.4. The molecule has 0 spiro atoms. The maximum atomic E-state index is 12.9. The van der Waals surface area contributed by atoms with Gasteiger partial charge in [-0.1, -0.05) is 48.5 Å². The monoisotopic (exact) mass is 403 g/mol. The van der Waals surface area contributed by atoms with Gasteiger partial charge in [-0.25, -0.2) is 0 Å². The zero-order valence-corrected chi connectivity index (χ0v) is 17.0. The molecule has 30 heavy (non-hydrogen) atoms. The summed E-state index contributed by atoms with van der Waals surface area (Å²) in [6.45, 7) is 3.18. The molecule has 2 aromatic carbocycles. The third-order valence-electron chi connectivity index (χ3n) is 5.75. The average molecular weight is 403 g/mol. The molecular formula is C24H25N3O3. The number of likely N-dealkylation sites (tertiary alicyclic amines) is 1. The van der Waals surface area contributed by atoms with E-state index in [1.807, 2.05) is 55.5 Å². The van der Waals surface area contributed by atoms with Gasteiger partial charge in [0.25, 0.3) is 11.7 Å². The number of piperidine rings is 1. The Morgan fingerprint density at radius 3 is 2.70 bits per heavy atom. The molecule has 1 fully saturated rings. The number of para-hydroxylation sites is 1. The van der Waals surface area contributed by atoms with Crippen LogP contribution in [0.5, 0.6) is 0 Å². The topological polar surface area (TPSA) is 82.3 Å². The smallest absolute Gasteiger partial charge is 0.295 e. The van der Waals surface area contributed by atoms with Crippen LogP contribution >= 0.6 is 0 Å². The molecule has 1 saturated heterocycles. The molecule has 2 N–H and O–H groups in total. The first-order valence-electron chi connectivity index (χ1n) is 10.3. The Balaban J connectivity index is 1.42. The number of rotatable bonds is 5. The fourth-order valence-corrected chi connectivity index (χ4v) is 4.06. The van der Waals surface area contributed by atoms with Gasteiger partial charge < -0.3 is 15.2 Å². The highest BCUT2D eigenvalue weighted by Crippen LogP contribution is 2.23. The summed E-state index contributed by atoms with van der Waals surface area (Å²) in [5, 5.41) is 3.70. The molecule has 0 saturated carbocycles. The fraction of sp³-hybridized carbons (Fsp3) is 0.292. The van der Waals surface area contributed by atoms with Crippen molar-refractivity contribution < 1.29 is 14.4 Å². The van der Waals surface area contributed by atoms with Gasteiger partial charge in [-0.05, 0) is 30.9 Å². The molecule has 1 aliphatic heterocycles. The predicted octanol–water partition coefficient (Wildman–Crippen LogP) is 3.21. The van der Waals surface area contributed by atoms with Gasteiger partial charge in [-0.3, -0.25) is 14.4 Å². The highest BCUT2D eigenvalue weighted by molar-refractivity contribution is 6.44. The lowest BCUT2D eigenvalue weighted by Gasteiger charge is -2.31. The van der Waals surface area contributed by atoms with Crippen LogP contribution in [0.15, 0.2) is 54.7 Å². The largest absolute Gasteiger partial charge is 0.360 e. The molecule has 0 aliphatic carbocycles. The molecule has 3 aromatic rings. The number of benzene rings is 2. The van der Waals surface area contributed by atoms with E-state index >= 15 is 0 Å². The summed E-state index contributed by atoms with van der Waals surface area (Å²) in [4.78, 5) is 43.0. The molecule has 1 unspecified atom stereocenters. The number of H-pyrrole nitrogens is 1. The van der Waals surface area contributed by atoms with Gasteiger partial charge in [0, 0.05) is 36.7 Å². The van der Waals surface area contributed by atoms with E-state index in [0.29, 0.717) is 31.5 Å². The molecule has 6 heteroatoms. The number of carbonyl (C=O) groups excluding carboxylic acids is 3. The van der Waals surface area contributed by atoms with Crippen LogP contribution in [0.3, 0.4) is 0 Å². The summed E-state index contributed by atoms with van der Waals surface area (Å²) < 4.78 is 0. The van der Waals surface area contributed by atoms with E-state index in [-0.39, 0.29) is 18.4 Å². The number of carbonyl (C=O) groups is 3. The van der Waals surface area contributed by atoms with Crippen LogP contribution < -0.4 is 5.32 Å². The summed E-state index contributed by atoms with van der Waals surface area (Å²) in [6.07, 6.45) is 3.02. The molecule has 4 rings (SSSR count). The number of nitrogens with one attached hydrogen (secondary N) is 2. The number of aryl methyl sites for hydroxylation is 1. The molecule has 6 nitrogen and oxygen atoms in total. The number of amides is 2. The SMILES string of the molecule is Cc1cccc2c(C(=O)C(=O)N3CCCC(C(=O)NCc4ccccc4)C3)c[nH]c12. The van der Waals surface area contributed by atoms with Crippen LogP contribution in [0.1, 0.15) is 34.3 Å². The lowest BCUT2D eigenvalue weighted by molar-refractivity contribution is -0.132. The molecule has 0 radical (unpaired) electrons. The summed E-state index contributed by atoms with van der Waals surface area (Å²) in [7, 11) is 0. The van der Waals surface area contributed by atoms with Crippen LogP contribution in [0.25, 0.3) is 10.9 Å². The molecule has 1 aliphatic rings. The minimum Gasteiger partial charge on any atom is -0.360 e. The van der Waals surface area contributed by atoms with Crippen molar-refractivity contribution in [2.45, 2.75) is 26.3 Å². The molecular weight excluding hydrogens is 378 g/mol. The first-order chi connectivity index (χ1) is 14.5. The van der Waals surface area contributed by atoms with Crippen LogP contribution in [-0.2, 0) is 16.1 Å². The third kappa shape index (κ3) is 3.99. The van der Waals surface area contributed by atoms with E-state index < -0.39 is 11.7 Å². The summed E-state index contributed by atoms with van der Waals surface area (Å²) in [5.74, 6) is -1.45. The van der Waals surface area contributed by atoms with Crippen LogP contribution in [0.4, 0.5) is 0 Å². The van der Waals surface area contributed by atoms with Crippen molar-refractivity contribution in [3.05, 3.63) is 71.4 Å². The molecule has 0 bridgehead atoms. The van der Waals surface area contributed by atoms with Crippen LogP contribution in [0, 0.1) is 12.8 Å². The van der Waals surface area contributed by atoms with Gasteiger partial charge in [0.15, 0.2) is 0 Å². The van der Waals surface area contributed by atoms with Crippen molar-refractivity contribution in [1.29, 1.82) is 0 Å². The number of hydrogen-bond acceptors (Lipinski definition) is 3. The second-order valence-corrected chi connectivity index (χ2v) is 7.82. The van der Waals surface area contributed by atoms with Crippen molar-refractivity contribution in [3.8, 4) is 0 Å². The standard InChI is InChI=1S/C24H25N3O3/c1-16-7-5-11-19-20(14-25-21(16)19)22(28)24(30)27-12-6-10-18(15-27)23(29)26-13-17-8-3-2-4-9-17/h2-5,7-9,11,14,18,25H,6,10,12-13,15H2,1H3,(H,26,29). The number of hydrogen-bond donors (Lipinski definition) is 2. The van der Waals surface area contributed by atoms with E-state index in [4.69, 9.17) is 0 Å². The first kappa shape index (κ1) is 19.9. The van der Waals surface area contributed by atoms with Crippen molar-refractivity contribution in [2.75, 3.05) is 13.1 Å². The van der Waals surface area contributed by atoms with Gasteiger partial charge in [-0.2, -0.15) is 0 Å². The normalized spacial score (nSPS) is 16.4. The van der Waals surface area contributed by atoms with E-state index in [2.05, 4.69) is 10.3 Å². The van der Waals surface area contributed by atoms with Gasteiger partial charge in [0.1, 0.15) is 0 Å². The lowest BCUT2D eigenvalue weighted by atomic mass is 9.96. The van der Waals surface area contributed by atoms with E-state index in [9.17, 15) is 14.4 Å². The molecule has 154 valence electrons. The van der Waals surface area contributed by atoms with Crippen LogP contribution in [0.2, 0.25) is 0 Å². The number of ketones is 1. The zero-order valence-electron chi connectivity index (χ0n) is 17.0. The van der Waals surface area contributed by atoms with Gasteiger partial charge in [0.2, 0.25) is 5.91 Å². The number of fused-ring (bicyclic) bond motifs is 1. The van der Waals surface area contributed by atoms with Gasteiger partial charge in [-0.15, -0.1) is 0 Å². The Labute approximate surface area is 175 Å². The maximum Gasteiger partial charge on any atom is 0.295 e. The number of Topliss-reactive ketones (excluding diaryl/α,β-unsaturated/α-hetero) is 1. The number of aromatic nitrogens is 1. The van der Waals surface area contributed by atoms with Crippen molar-refractivity contribution >= 4 is 28.5 Å². The quantitative estimate of drug-likeness (QED) is 0.507. The minimum atomic E-state index is -0.544. The lowest BCUT2D eigenvalue weighted by Crippen LogP contribution is -2.47. The first-order valence-corrected chi connectivity index (χ1v) is 10.3. The fourth-order valence-electron chi connectivity index (χ4n) is 4.06. The molecule has 2 heterocycles. The van der Waals surface area contributed by atoms with Crippen molar-refractivity contribution in [3.63, 3.8) is 0 Å². The van der Waals surface area contributed by atoms with Crippen molar-refractivity contribution in [1.82, 2.24) is 15.2 Å². The Morgan fingerprint density at radius 2 is 1.90 bits per heavy atom. The zero-order chi connectivity index (χ0) is 21.1. The number of nitrogens with zero attached hydrogens (tertiary/aromatic N) is 1. The van der Waals surface area contributed by atoms with Crippen molar-refractivity contribution in [2.24, 2.45) is 5.92 Å². The maximum absolute atomic E-state index is 12.9. The Bertz CT molecular complexity index is 1090. The number of aromatic amines is 1.